The lowest BCUT2D eigenvalue weighted by atomic mass is 9.77. The topological polar surface area (TPSA) is 92.2 Å². The number of carbonyl (C=O) groups excluding carboxylic acids is 2. The molecule has 1 aromatic rings. The summed E-state index contributed by atoms with van der Waals surface area (Å²) in [6.07, 6.45) is 4.00. The minimum absolute atomic E-state index is 0.0609. The molecule has 0 aromatic heterocycles. The van der Waals surface area contributed by atoms with Crippen molar-refractivity contribution in [3.05, 3.63) is 35.9 Å². The Kier molecular flexibility index (Phi) is 6.97. The summed E-state index contributed by atoms with van der Waals surface area (Å²) in [7, 11) is 0. The fourth-order valence-electron chi connectivity index (χ4n) is 3.64. The van der Waals surface area contributed by atoms with Crippen molar-refractivity contribution in [2.45, 2.75) is 52.2 Å². The molecule has 2 aliphatic rings. The summed E-state index contributed by atoms with van der Waals surface area (Å²) < 4.78 is 5.39. The van der Waals surface area contributed by atoms with Crippen LogP contribution in [-0.2, 0) is 9.59 Å². The van der Waals surface area contributed by atoms with Gasteiger partial charge >= 0.3 is 0 Å². The molecule has 30 heavy (non-hydrogen) atoms. The van der Waals surface area contributed by atoms with Crippen LogP contribution in [0.3, 0.4) is 0 Å². The van der Waals surface area contributed by atoms with Crippen LogP contribution in [0.15, 0.2) is 46.1 Å². The van der Waals surface area contributed by atoms with Crippen molar-refractivity contribution < 1.29 is 14.3 Å². The molecule has 0 radical (unpaired) electrons. The first-order valence-electron chi connectivity index (χ1n) is 10.1. The Labute approximate surface area is 181 Å². The largest absolute Gasteiger partial charge is 0.494 e. The number of amides is 2. The number of hydrogen-bond donors (Lipinski definition) is 2. The van der Waals surface area contributed by atoms with Crippen LogP contribution < -0.4 is 15.4 Å². The zero-order valence-electron chi connectivity index (χ0n) is 17.8. The van der Waals surface area contributed by atoms with E-state index in [-0.39, 0.29) is 23.7 Å². The average Bonchev–Trinajstić information content (AvgIpc) is 2.99. The molecule has 1 fully saturated rings. The predicted octanol–water partition coefficient (Wildman–Crippen LogP) is 4.12. The molecule has 8 heteroatoms. The first-order valence-corrected chi connectivity index (χ1v) is 10.9. The van der Waals surface area contributed by atoms with E-state index in [4.69, 9.17) is 4.74 Å². The van der Waals surface area contributed by atoms with Gasteiger partial charge in [-0.25, -0.2) is 0 Å². The van der Waals surface area contributed by atoms with Gasteiger partial charge in [-0.1, -0.05) is 31.2 Å². The maximum Gasteiger partial charge on any atom is 0.240 e. The number of thioether (sulfide) groups is 1. The van der Waals surface area contributed by atoms with Gasteiger partial charge in [-0.2, -0.15) is 5.10 Å². The van der Waals surface area contributed by atoms with E-state index in [1.807, 2.05) is 6.92 Å². The van der Waals surface area contributed by atoms with Crippen LogP contribution in [0.5, 0.6) is 5.75 Å². The Bertz CT molecular complexity index is 903. The first kappa shape index (κ1) is 22.1. The van der Waals surface area contributed by atoms with Crippen LogP contribution >= 0.6 is 11.8 Å². The van der Waals surface area contributed by atoms with E-state index in [9.17, 15) is 9.59 Å². The standard InChI is InChI=1S/C22H28N4O3S/c1-5-29-17-8-6-15(7-9-17)23-19(27)11-18-20(28)24-21(30-18)26-25-16-10-14(2)12-22(3,4)13-16/h6-10,18H,5,11-13H2,1-4H3,(H,23,27)(H,24,26,28)/b25-16+. The first-order chi connectivity index (χ1) is 14.2. The van der Waals surface area contributed by atoms with Crippen molar-refractivity contribution in [1.29, 1.82) is 0 Å². The van der Waals surface area contributed by atoms with Gasteiger partial charge in [0.15, 0.2) is 5.17 Å². The number of anilines is 1. The zero-order valence-corrected chi connectivity index (χ0v) is 18.6. The smallest absolute Gasteiger partial charge is 0.240 e. The third kappa shape index (κ3) is 6.19. The minimum Gasteiger partial charge on any atom is -0.494 e. The molecule has 160 valence electrons. The molecule has 0 spiro atoms. The zero-order chi connectivity index (χ0) is 21.7. The third-order valence-corrected chi connectivity index (χ3v) is 5.77. The molecule has 3 rings (SSSR count). The Hall–Kier alpha value is -2.61. The van der Waals surface area contributed by atoms with Crippen LogP contribution in [0.1, 0.15) is 47.0 Å². The Morgan fingerprint density at radius 1 is 1.27 bits per heavy atom. The predicted molar refractivity (Wildman–Crippen MR) is 122 cm³/mol. The van der Waals surface area contributed by atoms with Crippen molar-refractivity contribution in [2.75, 3.05) is 11.9 Å². The highest BCUT2D eigenvalue weighted by molar-refractivity contribution is 8.15. The second-order valence-corrected chi connectivity index (χ2v) is 9.50. The SMILES string of the molecule is CCOc1ccc(NC(=O)CC2S/C(=N/N=C3\C=C(C)CC(C)(C)C3)NC2=O)cc1. The van der Waals surface area contributed by atoms with Crippen LogP contribution in [0.25, 0.3) is 0 Å². The summed E-state index contributed by atoms with van der Waals surface area (Å²) >= 11 is 1.24. The van der Waals surface area contributed by atoms with E-state index >= 15 is 0 Å². The average molecular weight is 429 g/mol. The van der Waals surface area contributed by atoms with E-state index in [1.54, 1.807) is 24.3 Å². The third-order valence-electron chi connectivity index (χ3n) is 4.70. The summed E-state index contributed by atoms with van der Waals surface area (Å²) in [5.74, 6) is 0.290. The van der Waals surface area contributed by atoms with Crippen molar-refractivity contribution in [1.82, 2.24) is 5.32 Å². The molecular formula is C22H28N4O3S. The van der Waals surface area contributed by atoms with E-state index in [2.05, 4.69) is 47.7 Å². The summed E-state index contributed by atoms with van der Waals surface area (Å²) in [6.45, 7) is 9.00. The van der Waals surface area contributed by atoms with Crippen LogP contribution in [0, 0.1) is 5.41 Å². The Morgan fingerprint density at radius 2 is 2.00 bits per heavy atom. The number of nitrogens with one attached hydrogen (secondary N) is 2. The molecule has 0 bridgehead atoms. The maximum atomic E-state index is 12.3. The lowest BCUT2D eigenvalue weighted by molar-refractivity contribution is -0.122. The quantitative estimate of drug-likeness (QED) is 0.667. The fraction of sp³-hybridized carbons (Fsp3) is 0.455. The lowest BCUT2D eigenvalue weighted by Gasteiger charge is -2.28. The number of carbonyl (C=O) groups is 2. The van der Waals surface area contributed by atoms with Crippen molar-refractivity contribution in [2.24, 2.45) is 15.6 Å². The lowest BCUT2D eigenvalue weighted by Crippen LogP contribution is -2.28. The normalized spacial score (nSPS) is 23.3. The summed E-state index contributed by atoms with van der Waals surface area (Å²) in [4.78, 5) is 24.6. The number of benzene rings is 1. The molecule has 1 unspecified atom stereocenters. The van der Waals surface area contributed by atoms with Gasteiger partial charge in [0.1, 0.15) is 11.0 Å². The van der Waals surface area contributed by atoms with Gasteiger partial charge in [-0.05, 0) is 62.4 Å². The molecule has 1 aliphatic heterocycles. The fourth-order valence-corrected chi connectivity index (χ4v) is 4.55. The monoisotopic (exact) mass is 428 g/mol. The summed E-state index contributed by atoms with van der Waals surface area (Å²) in [6, 6.07) is 7.13. The van der Waals surface area contributed by atoms with Gasteiger partial charge in [0, 0.05) is 12.1 Å². The number of amidine groups is 1. The molecule has 7 nitrogen and oxygen atoms in total. The molecule has 1 aliphatic carbocycles. The highest BCUT2D eigenvalue weighted by atomic mass is 32.2. The van der Waals surface area contributed by atoms with Crippen molar-refractivity contribution in [3.63, 3.8) is 0 Å². The Morgan fingerprint density at radius 3 is 2.67 bits per heavy atom. The number of allylic oxidation sites excluding steroid dienone is 2. The van der Waals surface area contributed by atoms with Gasteiger partial charge in [-0.3, -0.25) is 9.59 Å². The van der Waals surface area contributed by atoms with Gasteiger partial charge < -0.3 is 15.4 Å². The van der Waals surface area contributed by atoms with Gasteiger partial charge in [0.25, 0.3) is 0 Å². The van der Waals surface area contributed by atoms with Crippen LogP contribution in [0.4, 0.5) is 5.69 Å². The second-order valence-electron chi connectivity index (χ2n) is 8.31. The molecule has 1 atom stereocenters. The molecular weight excluding hydrogens is 400 g/mol. The second kappa shape index (κ2) is 9.47. The maximum absolute atomic E-state index is 12.3. The molecule has 1 saturated heterocycles. The summed E-state index contributed by atoms with van der Waals surface area (Å²) in [5.41, 5.74) is 3.00. The number of nitrogens with zero attached hydrogens (tertiary/aromatic N) is 2. The minimum atomic E-state index is -0.522. The molecule has 0 saturated carbocycles. The van der Waals surface area contributed by atoms with E-state index in [1.165, 1.54) is 17.3 Å². The van der Waals surface area contributed by atoms with E-state index < -0.39 is 5.25 Å². The van der Waals surface area contributed by atoms with Gasteiger partial charge in [0.2, 0.25) is 11.8 Å². The molecule has 1 heterocycles. The number of hydrogen-bond acceptors (Lipinski definition) is 6. The molecule has 2 N–H and O–H groups in total. The highest BCUT2D eigenvalue weighted by Crippen LogP contribution is 2.34. The Balaban J connectivity index is 1.56. The van der Waals surface area contributed by atoms with E-state index in [0.29, 0.717) is 17.5 Å². The van der Waals surface area contributed by atoms with Gasteiger partial charge in [0.05, 0.1) is 12.3 Å². The highest BCUT2D eigenvalue weighted by Gasteiger charge is 2.32. The summed E-state index contributed by atoms with van der Waals surface area (Å²) in [5, 5.41) is 14.0. The number of ether oxygens (including phenoxy) is 1. The van der Waals surface area contributed by atoms with Crippen molar-refractivity contribution >= 4 is 40.1 Å². The molecule has 2 amide bonds. The van der Waals surface area contributed by atoms with Crippen LogP contribution in [-0.4, -0.2) is 34.6 Å². The van der Waals surface area contributed by atoms with E-state index in [0.717, 1.165) is 24.3 Å². The van der Waals surface area contributed by atoms with Crippen molar-refractivity contribution in [3.8, 4) is 5.75 Å². The van der Waals surface area contributed by atoms with Gasteiger partial charge in [-0.15, -0.1) is 5.10 Å². The van der Waals surface area contributed by atoms with Crippen LogP contribution in [0.2, 0.25) is 0 Å². The molecule has 1 aromatic carbocycles. The number of rotatable bonds is 6.